The zero-order valence-corrected chi connectivity index (χ0v) is 25.6. The molecular weight excluding hydrogens is 593 g/mol. The third kappa shape index (κ3) is 8.13. The van der Waals surface area contributed by atoms with Crippen molar-refractivity contribution in [2.75, 3.05) is 17.4 Å². The van der Waals surface area contributed by atoms with Gasteiger partial charge in [0.2, 0.25) is 11.8 Å². The normalized spacial score (nSPS) is 12.2. The van der Waals surface area contributed by atoms with E-state index < -0.39 is 28.5 Å². The fourth-order valence-electron chi connectivity index (χ4n) is 4.03. The molecule has 0 radical (unpaired) electrons. The minimum absolute atomic E-state index is 0.0218. The zero-order valence-electron chi connectivity index (χ0n) is 22.5. The minimum Gasteiger partial charge on any atom is -0.354 e. The molecular formula is C29H32Cl3N3O4S. The summed E-state index contributed by atoms with van der Waals surface area (Å²) in [6.45, 7) is 5.59. The number of hydrogen-bond donors (Lipinski definition) is 1. The zero-order chi connectivity index (χ0) is 29.4. The molecule has 0 saturated carbocycles. The molecule has 0 aliphatic carbocycles. The number of halogens is 3. The first kappa shape index (κ1) is 31.7. The Balaban J connectivity index is 2.04. The smallest absolute Gasteiger partial charge is 0.264 e. The van der Waals surface area contributed by atoms with Crippen LogP contribution in [0.15, 0.2) is 77.7 Å². The number of para-hydroxylation sites is 1. The third-order valence-corrected chi connectivity index (χ3v) is 8.78. The lowest BCUT2D eigenvalue weighted by atomic mass is 10.1. The van der Waals surface area contributed by atoms with Crippen LogP contribution in [0.4, 0.5) is 5.69 Å². The second-order valence-electron chi connectivity index (χ2n) is 9.62. The molecule has 0 fully saturated rings. The third-order valence-electron chi connectivity index (χ3n) is 6.15. The standard InChI is InChI=1S/C29H32Cl3N3O4S/c1-4-27(29(37)33-17-20(2)3)34(18-21-10-11-23(31)16-26(21)32)28(36)19-35(24-8-6-5-7-9-24)40(38,39)25-14-12-22(30)13-15-25/h5-16,20,27H,4,17-19H2,1-3H3,(H,33,37)/t27-/m1/s1. The second kappa shape index (κ2) is 14.2. The molecule has 3 rings (SSSR count). The van der Waals surface area contributed by atoms with Crippen LogP contribution in [-0.2, 0) is 26.2 Å². The molecule has 0 bridgehead atoms. The highest BCUT2D eigenvalue weighted by molar-refractivity contribution is 7.92. The molecule has 0 unspecified atom stereocenters. The van der Waals surface area contributed by atoms with Crippen molar-refractivity contribution >= 4 is 62.3 Å². The van der Waals surface area contributed by atoms with E-state index in [4.69, 9.17) is 34.8 Å². The summed E-state index contributed by atoms with van der Waals surface area (Å²) in [5, 5.41) is 4.03. The predicted octanol–water partition coefficient (Wildman–Crippen LogP) is 6.42. The van der Waals surface area contributed by atoms with E-state index >= 15 is 0 Å². The Morgan fingerprint density at radius 3 is 2.10 bits per heavy atom. The van der Waals surface area contributed by atoms with Crippen molar-refractivity contribution in [3.63, 3.8) is 0 Å². The highest BCUT2D eigenvalue weighted by atomic mass is 35.5. The number of hydrogen-bond acceptors (Lipinski definition) is 4. The average molecular weight is 625 g/mol. The maximum atomic E-state index is 14.0. The van der Waals surface area contributed by atoms with Crippen molar-refractivity contribution < 1.29 is 18.0 Å². The molecule has 0 saturated heterocycles. The average Bonchev–Trinajstić information content (AvgIpc) is 2.92. The summed E-state index contributed by atoms with van der Waals surface area (Å²) in [7, 11) is -4.18. The first-order valence-corrected chi connectivity index (χ1v) is 15.4. The number of carbonyl (C=O) groups is 2. The Labute approximate surface area is 251 Å². The summed E-state index contributed by atoms with van der Waals surface area (Å²) in [6.07, 6.45) is 0.302. The number of amides is 2. The molecule has 0 aromatic heterocycles. The number of rotatable bonds is 12. The quantitative estimate of drug-likeness (QED) is 0.252. The monoisotopic (exact) mass is 623 g/mol. The molecule has 0 heterocycles. The van der Waals surface area contributed by atoms with Crippen molar-refractivity contribution in [3.05, 3.63) is 93.4 Å². The minimum atomic E-state index is -4.18. The van der Waals surface area contributed by atoms with Gasteiger partial charge in [-0.25, -0.2) is 8.42 Å². The number of carbonyl (C=O) groups excluding carboxylic acids is 2. The van der Waals surface area contributed by atoms with Gasteiger partial charge in [-0.15, -0.1) is 0 Å². The van der Waals surface area contributed by atoms with Crippen molar-refractivity contribution in [2.24, 2.45) is 5.92 Å². The van der Waals surface area contributed by atoms with Crippen LogP contribution in [0, 0.1) is 5.92 Å². The second-order valence-corrected chi connectivity index (χ2v) is 12.8. The maximum Gasteiger partial charge on any atom is 0.264 e. The molecule has 3 aromatic carbocycles. The van der Waals surface area contributed by atoms with Gasteiger partial charge >= 0.3 is 0 Å². The fraction of sp³-hybridized carbons (Fsp3) is 0.310. The summed E-state index contributed by atoms with van der Waals surface area (Å²) in [5.74, 6) is -0.699. The van der Waals surface area contributed by atoms with Gasteiger partial charge in [-0.3, -0.25) is 13.9 Å². The van der Waals surface area contributed by atoms with Crippen molar-refractivity contribution in [2.45, 2.75) is 44.7 Å². The molecule has 1 atom stereocenters. The van der Waals surface area contributed by atoms with E-state index in [0.29, 0.717) is 39.3 Å². The van der Waals surface area contributed by atoms with E-state index in [1.54, 1.807) is 55.5 Å². The van der Waals surface area contributed by atoms with Crippen molar-refractivity contribution in [1.82, 2.24) is 10.2 Å². The lowest BCUT2D eigenvalue weighted by molar-refractivity contribution is -0.140. The van der Waals surface area contributed by atoms with E-state index in [1.165, 1.54) is 29.2 Å². The maximum absolute atomic E-state index is 14.0. The molecule has 3 aromatic rings. The van der Waals surface area contributed by atoms with Gasteiger partial charge in [-0.1, -0.05) is 79.8 Å². The summed E-state index contributed by atoms with van der Waals surface area (Å²) in [6, 6.07) is 18.1. The fourth-order valence-corrected chi connectivity index (χ4v) is 6.04. The lowest BCUT2D eigenvalue weighted by Crippen LogP contribution is -2.52. The molecule has 2 amide bonds. The number of benzene rings is 3. The number of nitrogens with one attached hydrogen (secondary N) is 1. The van der Waals surface area contributed by atoms with Crippen molar-refractivity contribution in [3.8, 4) is 0 Å². The van der Waals surface area contributed by atoms with Gasteiger partial charge in [0.25, 0.3) is 10.0 Å². The summed E-state index contributed by atoms with van der Waals surface area (Å²) in [4.78, 5) is 28.6. The molecule has 40 heavy (non-hydrogen) atoms. The summed E-state index contributed by atoms with van der Waals surface area (Å²) < 4.78 is 28.6. The van der Waals surface area contributed by atoms with Crippen LogP contribution in [0.1, 0.15) is 32.8 Å². The molecule has 11 heteroatoms. The molecule has 0 aliphatic heterocycles. The van der Waals surface area contributed by atoms with Gasteiger partial charge < -0.3 is 10.2 Å². The van der Waals surface area contributed by atoms with Crippen LogP contribution < -0.4 is 9.62 Å². The number of nitrogens with zero attached hydrogens (tertiary/aromatic N) is 2. The topological polar surface area (TPSA) is 86.8 Å². The Kier molecular flexibility index (Phi) is 11.3. The molecule has 0 spiro atoms. The van der Waals surface area contributed by atoms with Crippen LogP contribution in [0.25, 0.3) is 0 Å². The Bertz CT molecular complexity index is 1420. The Hall–Kier alpha value is -2.78. The van der Waals surface area contributed by atoms with Crippen LogP contribution in [0.3, 0.4) is 0 Å². The van der Waals surface area contributed by atoms with E-state index in [0.717, 1.165) is 4.31 Å². The van der Waals surface area contributed by atoms with E-state index in [1.807, 2.05) is 13.8 Å². The number of sulfonamides is 1. The van der Waals surface area contributed by atoms with Gasteiger partial charge in [0.1, 0.15) is 12.6 Å². The van der Waals surface area contributed by atoms with Crippen LogP contribution in [0.2, 0.25) is 15.1 Å². The molecule has 214 valence electrons. The molecule has 0 aliphatic rings. The van der Waals surface area contributed by atoms with Gasteiger partial charge in [-0.2, -0.15) is 0 Å². The Morgan fingerprint density at radius 2 is 1.52 bits per heavy atom. The van der Waals surface area contributed by atoms with Crippen LogP contribution >= 0.6 is 34.8 Å². The molecule has 1 N–H and O–H groups in total. The van der Waals surface area contributed by atoms with Gasteiger partial charge in [0.05, 0.1) is 10.6 Å². The van der Waals surface area contributed by atoms with Gasteiger partial charge in [0.15, 0.2) is 0 Å². The van der Waals surface area contributed by atoms with Gasteiger partial charge in [0, 0.05) is 28.2 Å². The summed E-state index contributed by atoms with van der Waals surface area (Å²) >= 11 is 18.5. The van der Waals surface area contributed by atoms with Crippen LogP contribution in [-0.4, -0.2) is 44.3 Å². The highest BCUT2D eigenvalue weighted by Gasteiger charge is 2.34. The largest absolute Gasteiger partial charge is 0.354 e. The Morgan fingerprint density at radius 1 is 0.900 bits per heavy atom. The van der Waals surface area contributed by atoms with Crippen molar-refractivity contribution in [1.29, 1.82) is 0 Å². The van der Waals surface area contributed by atoms with E-state index in [9.17, 15) is 18.0 Å². The SMILES string of the molecule is CC[C@H](C(=O)NCC(C)C)N(Cc1ccc(Cl)cc1Cl)C(=O)CN(c1ccccc1)S(=O)(=O)c1ccc(Cl)cc1. The molecule has 7 nitrogen and oxygen atoms in total. The summed E-state index contributed by atoms with van der Waals surface area (Å²) in [5.41, 5.74) is 0.869. The first-order chi connectivity index (χ1) is 18.9. The lowest BCUT2D eigenvalue weighted by Gasteiger charge is -2.33. The number of anilines is 1. The first-order valence-electron chi connectivity index (χ1n) is 12.8. The van der Waals surface area contributed by atoms with Crippen LogP contribution in [0.5, 0.6) is 0 Å². The van der Waals surface area contributed by atoms with E-state index in [2.05, 4.69) is 5.32 Å². The highest BCUT2D eigenvalue weighted by Crippen LogP contribution is 2.27. The van der Waals surface area contributed by atoms with E-state index in [-0.39, 0.29) is 23.3 Å². The predicted molar refractivity (Wildman–Crippen MR) is 161 cm³/mol. The van der Waals surface area contributed by atoms with Gasteiger partial charge in [-0.05, 0) is 66.4 Å².